The summed E-state index contributed by atoms with van der Waals surface area (Å²) in [4.78, 5) is 31.9. The summed E-state index contributed by atoms with van der Waals surface area (Å²) in [5.41, 5.74) is 3.32. The zero-order chi connectivity index (χ0) is 26.0. The number of hydrogen-bond donors (Lipinski definition) is 0. The second-order valence-corrected chi connectivity index (χ2v) is 10.0. The van der Waals surface area contributed by atoms with Crippen molar-refractivity contribution in [3.05, 3.63) is 88.5 Å². The lowest BCUT2D eigenvalue weighted by atomic mass is 9.95. The maximum atomic E-state index is 13.8. The van der Waals surface area contributed by atoms with Crippen LogP contribution in [-0.2, 0) is 9.53 Å². The Morgan fingerprint density at radius 2 is 1.86 bits per heavy atom. The fourth-order valence-corrected chi connectivity index (χ4v) is 5.56. The predicted molar refractivity (Wildman–Crippen MR) is 143 cm³/mol. The molecule has 0 radical (unpaired) electrons. The Labute approximate surface area is 221 Å². The van der Waals surface area contributed by atoms with Gasteiger partial charge in [0, 0.05) is 4.47 Å². The number of esters is 1. The summed E-state index contributed by atoms with van der Waals surface area (Å²) in [6.07, 6.45) is 1.79. The number of aryl methyl sites for hydroxylation is 1. The third-order valence-electron chi connectivity index (χ3n) is 5.78. The summed E-state index contributed by atoms with van der Waals surface area (Å²) < 4.78 is 19.3. The minimum Gasteiger partial charge on any atom is -0.493 e. The van der Waals surface area contributed by atoms with Crippen molar-refractivity contribution in [2.24, 2.45) is 4.99 Å². The summed E-state index contributed by atoms with van der Waals surface area (Å²) in [6, 6.07) is 10.8. The molecule has 0 unspecified atom stereocenters. The van der Waals surface area contributed by atoms with Crippen molar-refractivity contribution in [1.29, 1.82) is 0 Å². The van der Waals surface area contributed by atoms with Gasteiger partial charge in [0.15, 0.2) is 16.3 Å². The summed E-state index contributed by atoms with van der Waals surface area (Å²) in [6.45, 7) is 8.16. The van der Waals surface area contributed by atoms with Crippen LogP contribution in [-0.4, -0.2) is 30.9 Å². The number of methoxy groups -OCH3 is 1. The van der Waals surface area contributed by atoms with Crippen molar-refractivity contribution in [2.75, 3.05) is 20.3 Å². The lowest BCUT2D eigenvalue weighted by Gasteiger charge is -2.24. The average molecular weight is 571 g/mol. The van der Waals surface area contributed by atoms with Gasteiger partial charge in [0.05, 0.1) is 42.2 Å². The minimum absolute atomic E-state index is 0.230. The van der Waals surface area contributed by atoms with E-state index in [1.54, 1.807) is 31.6 Å². The van der Waals surface area contributed by atoms with Gasteiger partial charge in [-0.05, 0) is 57.0 Å². The van der Waals surface area contributed by atoms with Crippen LogP contribution in [0.15, 0.2) is 61.9 Å². The second kappa shape index (κ2) is 10.8. The Kier molecular flexibility index (Phi) is 7.80. The van der Waals surface area contributed by atoms with Crippen LogP contribution in [0.1, 0.15) is 43.5 Å². The van der Waals surface area contributed by atoms with Gasteiger partial charge >= 0.3 is 5.97 Å². The molecule has 0 amide bonds. The first-order valence-electron chi connectivity index (χ1n) is 11.6. The number of hydrogen-bond acceptors (Lipinski definition) is 7. The Balaban J connectivity index is 1.93. The zero-order valence-corrected chi connectivity index (χ0v) is 23.2. The number of fused-ring (bicyclic) bond motifs is 1. The van der Waals surface area contributed by atoms with Gasteiger partial charge in [-0.1, -0.05) is 57.1 Å². The van der Waals surface area contributed by atoms with Crippen LogP contribution in [0.2, 0.25) is 0 Å². The molecule has 0 saturated heterocycles. The Morgan fingerprint density at radius 3 is 2.50 bits per heavy atom. The smallest absolute Gasteiger partial charge is 0.338 e. The number of carbonyl (C=O) groups excluding carboxylic acids is 1. The molecular formula is C27H27BrN2O5S. The summed E-state index contributed by atoms with van der Waals surface area (Å²) in [7, 11) is 1.57. The largest absolute Gasteiger partial charge is 0.493 e. The standard InChI is InChI=1S/C27H27BrN2O5S/c1-6-34-21-14-19(28)18(12-20(21)33-5)13-22-25(31)30-24(17-10-8-15(3)9-11-17)23(26(32)35-7-2)16(4)29-27(30)36-22/h8-14,24H,6-7H2,1-5H3/b22-13+/t24-/m1/s1. The molecule has 0 fully saturated rings. The molecule has 0 spiro atoms. The van der Waals surface area contributed by atoms with E-state index < -0.39 is 12.0 Å². The highest BCUT2D eigenvalue weighted by Gasteiger charge is 2.33. The topological polar surface area (TPSA) is 79.1 Å². The number of allylic oxidation sites excluding steroid dienone is 1. The Morgan fingerprint density at radius 1 is 1.14 bits per heavy atom. The predicted octanol–water partition coefficient (Wildman–Crippen LogP) is 4.28. The number of ether oxygens (including phenoxy) is 3. The van der Waals surface area contributed by atoms with Crippen LogP contribution in [0.25, 0.3) is 6.08 Å². The van der Waals surface area contributed by atoms with Gasteiger partial charge < -0.3 is 14.2 Å². The van der Waals surface area contributed by atoms with Crippen LogP contribution in [0.3, 0.4) is 0 Å². The van der Waals surface area contributed by atoms with Crippen LogP contribution >= 0.6 is 27.3 Å². The highest BCUT2D eigenvalue weighted by atomic mass is 79.9. The molecule has 1 aliphatic rings. The van der Waals surface area contributed by atoms with Crippen molar-refractivity contribution in [3.63, 3.8) is 0 Å². The average Bonchev–Trinajstić information content (AvgIpc) is 3.15. The molecule has 0 saturated carbocycles. The van der Waals surface area contributed by atoms with Crippen molar-refractivity contribution in [1.82, 2.24) is 4.57 Å². The molecule has 3 aromatic rings. The van der Waals surface area contributed by atoms with E-state index in [4.69, 9.17) is 14.2 Å². The molecule has 4 rings (SSSR count). The van der Waals surface area contributed by atoms with Crippen molar-refractivity contribution < 1.29 is 19.0 Å². The number of benzene rings is 2. The first-order chi connectivity index (χ1) is 17.3. The normalized spacial score (nSPS) is 15.4. The Hall–Kier alpha value is -3.17. The van der Waals surface area contributed by atoms with Gasteiger partial charge in [-0.3, -0.25) is 9.36 Å². The first-order valence-corrected chi connectivity index (χ1v) is 13.2. The Bertz CT molecular complexity index is 1520. The molecule has 1 aromatic heterocycles. The maximum absolute atomic E-state index is 13.8. The van der Waals surface area contributed by atoms with E-state index in [2.05, 4.69) is 20.9 Å². The molecule has 36 heavy (non-hydrogen) atoms. The number of aromatic nitrogens is 1. The molecule has 0 N–H and O–H groups in total. The van der Waals surface area contributed by atoms with Gasteiger partial charge in [0.1, 0.15) is 0 Å². The number of carbonyl (C=O) groups is 1. The lowest BCUT2D eigenvalue weighted by molar-refractivity contribution is -0.139. The molecule has 2 heterocycles. The van der Waals surface area contributed by atoms with Gasteiger partial charge in [0.25, 0.3) is 5.56 Å². The van der Waals surface area contributed by atoms with Crippen molar-refractivity contribution >= 4 is 39.3 Å². The summed E-state index contributed by atoms with van der Waals surface area (Å²) in [5.74, 6) is 0.703. The van der Waals surface area contributed by atoms with E-state index in [0.717, 1.165) is 21.2 Å². The van der Waals surface area contributed by atoms with Gasteiger partial charge in [0.2, 0.25) is 0 Å². The van der Waals surface area contributed by atoms with Crippen LogP contribution < -0.4 is 24.4 Å². The summed E-state index contributed by atoms with van der Waals surface area (Å²) in [5, 5.41) is 0. The highest BCUT2D eigenvalue weighted by Crippen LogP contribution is 2.34. The van der Waals surface area contributed by atoms with E-state index in [0.29, 0.717) is 38.7 Å². The van der Waals surface area contributed by atoms with Gasteiger partial charge in [-0.2, -0.15) is 0 Å². The minimum atomic E-state index is -0.638. The monoisotopic (exact) mass is 570 g/mol. The number of thiazole rings is 1. The fourth-order valence-electron chi connectivity index (χ4n) is 4.09. The quantitative estimate of drug-likeness (QED) is 0.396. The molecule has 1 atom stereocenters. The molecule has 0 bridgehead atoms. The van der Waals surface area contributed by atoms with Crippen LogP contribution in [0.5, 0.6) is 11.5 Å². The van der Waals surface area contributed by atoms with Crippen molar-refractivity contribution in [2.45, 2.75) is 33.7 Å². The van der Waals surface area contributed by atoms with E-state index in [-0.39, 0.29) is 12.2 Å². The number of rotatable bonds is 7. The highest BCUT2D eigenvalue weighted by molar-refractivity contribution is 9.10. The van der Waals surface area contributed by atoms with E-state index >= 15 is 0 Å². The van der Waals surface area contributed by atoms with Crippen LogP contribution in [0, 0.1) is 6.92 Å². The molecule has 9 heteroatoms. The van der Waals surface area contributed by atoms with Crippen LogP contribution in [0.4, 0.5) is 0 Å². The molecular weight excluding hydrogens is 544 g/mol. The third kappa shape index (κ3) is 4.90. The second-order valence-electron chi connectivity index (χ2n) is 8.17. The molecule has 2 aromatic carbocycles. The molecule has 188 valence electrons. The third-order valence-corrected chi connectivity index (χ3v) is 7.45. The maximum Gasteiger partial charge on any atom is 0.338 e. The molecule has 0 aliphatic carbocycles. The van der Waals surface area contributed by atoms with Crippen molar-refractivity contribution in [3.8, 4) is 11.5 Å². The van der Waals surface area contributed by atoms with Gasteiger partial charge in [-0.25, -0.2) is 9.79 Å². The summed E-state index contributed by atoms with van der Waals surface area (Å²) >= 11 is 4.86. The SMILES string of the molecule is CCOC(=O)C1=C(C)N=c2s/c(=C/c3cc(OC)c(OCC)cc3Br)c(=O)n2[C@@H]1c1ccc(C)cc1. The van der Waals surface area contributed by atoms with E-state index in [9.17, 15) is 9.59 Å². The lowest BCUT2D eigenvalue weighted by Crippen LogP contribution is -2.39. The van der Waals surface area contributed by atoms with E-state index in [1.165, 1.54) is 11.3 Å². The number of nitrogens with zero attached hydrogens (tertiary/aromatic N) is 2. The number of halogens is 1. The molecule has 7 nitrogen and oxygen atoms in total. The fraction of sp³-hybridized carbons (Fsp3) is 0.296. The van der Waals surface area contributed by atoms with E-state index in [1.807, 2.05) is 50.2 Å². The molecule has 1 aliphatic heterocycles. The van der Waals surface area contributed by atoms with Gasteiger partial charge in [-0.15, -0.1) is 0 Å². The first kappa shape index (κ1) is 25.9. The zero-order valence-electron chi connectivity index (χ0n) is 20.8.